The van der Waals surface area contributed by atoms with Crippen LogP contribution in [0.2, 0.25) is 0 Å². The summed E-state index contributed by atoms with van der Waals surface area (Å²) in [6.45, 7) is 5.50. The molecule has 2 atom stereocenters. The molecule has 0 aliphatic rings. The minimum absolute atomic E-state index is 0.530. The van der Waals surface area contributed by atoms with Gasteiger partial charge in [0.15, 0.2) is 0 Å². The van der Waals surface area contributed by atoms with Crippen molar-refractivity contribution in [3.8, 4) is 0 Å². The number of hydrogen-bond donors (Lipinski definition) is 2. The summed E-state index contributed by atoms with van der Waals surface area (Å²) in [7, 11) is 0. The van der Waals surface area contributed by atoms with E-state index in [0.717, 1.165) is 11.1 Å². The van der Waals surface area contributed by atoms with Crippen LogP contribution in [0.5, 0.6) is 0 Å². The molecule has 1 aromatic rings. The molecule has 0 saturated heterocycles. The number of rotatable bonds is 3. The highest BCUT2D eigenvalue weighted by Gasteiger charge is 2.29. The van der Waals surface area contributed by atoms with E-state index >= 15 is 0 Å². The lowest BCUT2D eigenvalue weighted by atomic mass is 9.90. The van der Waals surface area contributed by atoms with Crippen molar-refractivity contribution in [1.29, 1.82) is 0 Å². The van der Waals surface area contributed by atoms with Crippen molar-refractivity contribution in [2.45, 2.75) is 38.9 Å². The van der Waals surface area contributed by atoms with E-state index in [0.29, 0.717) is 6.42 Å². The lowest BCUT2D eigenvalue weighted by Gasteiger charge is -2.28. The van der Waals surface area contributed by atoms with Crippen LogP contribution in [0.25, 0.3) is 0 Å². The van der Waals surface area contributed by atoms with Gasteiger partial charge in [-0.2, -0.15) is 0 Å². The number of aliphatic hydroxyl groups excluding tert-OH is 1. The van der Waals surface area contributed by atoms with Crippen LogP contribution in [0, 0.1) is 6.92 Å². The topological polar surface area (TPSA) is 40.5 Å². The van der Waals surface area contributed by atoms with Gasteiger partial charge in [0.1, 0.15) is 6.10 Å². The molecule has 0 spiro atoms. The van der Waals surface area contributed by atoms with E-state index in [1.165, 1.54) is 0 Å². The maximum atomic E-state index is 9.89. The standard InChI is InChI=1S/C12H18O2/c1-4-12(3,14)11(13)10-7-5-9(2)6-8-10/h5-8,11,13-14H,4H2,1-3H3. The third-order valence-corrected chi connectivity index (χ3v) is 2.70. The number of aryl methyl sites for hydroxylation is 1. The molecule has 0 aliphatic heterocycles. The zero-order chi connectivity index (χ0) is 10.8. The van der Waals surface area contributed by atoms with Crippen molar-refractivity contribution in [3.05, 3.63) is 35.4 Å². The molecule has 0 radical (unpaired) electrons. The molecule has 78 valence electrons. The van der Waals surface area contributed by atoms with Crippen LogP contribution in [0.1, 0.15) is 37.5 Å². The zero-order valence-electron chi connectivity index (χ0n) is 8.99. The smallest absolute Gasteiger partial charge is 0.107 e. The largest absolute Gasteiger partial charge is 0.387 e. The van der Waals surface area contributed by atoms with Gasteiger partial charge in [0, 0.05) is 0 Å². The van der Waals surface area contributed by atoms with Crippen molar-refractivity contribution in [2.24, 2.45) is 0 Å². The first-order chi connectivity index (χ1) is 6.47. The molecule has 0 fully saturated rings. The Morgan fingerprint density at radius 1 is 1.29 bits per heavy atom. The third kappa shape index (κ3) is 2.34. The third-order valence-electron chi connectivity index (χ3n) is 2.70. The monoisotopic (exact) mass is 194 g/mol. The van der Waals surface area contributed by atoms with E-state index in [9.17, 15) is 10.2 Å². The van der Waals surface area contributed by atoms with Crippen LogP contribution in [0.15, 0.2) is 24.3 Å². The van der Waals surface area contributed by atoms with E-state index in [1.54, 1.807) is 6.92 Å². The Kier molecular flexibility index (Phi) is 3.29. The van der Waals surface area contributed by atoms with Gasteiger partial charge >= 0.3 is 0 Å². The van der Waals surface area contributed by atoms with Gasteiger partial charge in [-0.1, -0.05) is 36.8 Å². The van der Waals surface area contributed by atoms with E-state index in [-0.39, 0.29) is 0 Å². The molecule has 0 aliphatic carbocycles. The summed E-state index contributed by atoms with van der Waals surface area (Å²) in [5.74, 6) is 0. The van der Waals surface area contributed by atoms with Crippen molar-refractivity contribution in [2.75, 3.05) is 0 Å². The molecular weight excluding hydrogens is 176 g/mol. The summed E-state index contributed by atoms with van der Waals surface area (Å²) < 4.78 is 0. The van der Waals surface area contributed by atoms with Crippen molar-refractivity contribution in [3.63, 3.8) is 0 Å². The highest BCUT2D eigenvalue weighted by Crippen LogP contribution is 2.28. The Bertz CT molecular complexity index is 288. The van der Waals surface area contributed by atoms with Crippen LogP contribution in [-0.4, -0.2) is 15.8 Å². The molecular formula is C12H18O2. The van der Waals surface area contributed by atoms with Gasteiger partial charge in [-0.25, -0.2) is 0 Å². The van der Waals surface area contributed by atoms with Crippen molar-refractivity contribution < 1.29 is 10.2 Å². The summed E-state index contributed by atoms with van der Waals surface area (Å²) in [6.07, 6.45) is -0.282. The van der Waals surface area contributed by atoms with E-state index in [2.05, 4.69) is 0 Å². The van der Waals surface area contributed by atoms with E-state index in [1.807, 2.05) is 38.1 Å². The minimum Gasteiger partial charge on any atom is -0.387 e. The molecule has 1 rings (SSSR count). The zero-order valence-corrected chi connectivity index (χ0v) is 8.99. The van der Waals surface area contributed by atoms with Crippen LogP contribution >= 0.6 is 0 Å². The predicted octanol–water partition coefficient (Wildman–Crippen LogP) is 2.19. The molecule has 0 bridgehead atoms. The Morgan fingerprint density at radius 3 is 2.21 bits per heavy atom. The van der Waals surface area contributed by atoms with Gasteiger partial charge in [0.05, 0.1) is 5.60 Å². The van der Waals surface area contributed by atoms with Crippen molar-refractivity contribution >= 4 is 0 Å². The molecule has 0 heterocycles. The highest BCUT2D eigenvalue weighted by molar-refractivity contribution is 5.24. The number of benzene rings is 1. The van der Waals surface area contributed by atoms with Gasteiger partial charge in [-0.05, 0) is 25.8 Å². The van der Waals surface area contributed by atoms with Gasteiger partial charge in [0.25, 0.3) is 0 Å². The SMILES string of the molecule is CCC(C)(O)C(O)c1ccc(C)cc1. The van der Waals surface area contributed by atoms with E-state index < -0.39 is 11.7 Å². The normalized spacial score (nSPS) is 17.5. The average molecular weight is 194 g/mol. The van der Waals surface area contributed by atoms with Crippen LogP contribution in [0.4, 0.5) is 0 Å². The summed E-state index contributed by atoms with van der Waals surface area (Å²) in [5, 5.41) is 19.8. The van der Waals surface area contributed by atoms with Crippen molar-refractivity contribution in [1.82, 2.24) is 0 Å². The molecule has 2 nitrogen and oxygen atoms in total. The minimum atomic E-state index is -1.05. The van der Waals surface area contributed by atoms with Gasteiger partial charge < -0.3 is 10.2 Å². The molecule has 14 heavy (non-hydrogen) atoms. The molecule has 2 heteroatoms. The van der Waals surface area contributed by atoms with Crippen LogP contribution in [-0.2, 0) is 0 Å². The Balaban J connectivity index is 2.89. The van der Waals surface area contributed by atoms with Gasteiger partial charge in [0.2, 0.25) is 0 Å². The first-order valence-corrected chi connectivity index (χ1v) is 4.94. The maximum Gasteiger partial charge on any atom is 0.107 e. The van der Waals surface area contributed by atoms with Gasteiger partial charge in [-0.3, -0.25) is 0 Å². The second-order valence-electron chi connectivity index (χ2n) is 4.02. The Morgan fingerprint density at radius 2 is 1.79 bits per heavy atom. The number of hydrogen-bond acceptors (Lipinski definition) is 2. The molecule has 0 saturated carbocycles. The summed E-state index contributed by atoms with van der Waals surface area (Å²) in [4.78, 5) is 0. The molecule has 0 amide bonds. The highest BCUT2D eigenvalue weighted by atomic mass is 16.3. The van der Waals surface area contributed by atoms with Crippen LogP contribution in [0.3, 0.4) is 0 Å². The quantitative estimate of drug-likeness (QED) is 0.774. The molecule has 0 aromatic heterocycles. The lowest BCUT2D eigenvalue weighted by Crippen LogP contribution is -2.31. The Labute approximate surface area is 85.2 Å². The first kappa shape index (κ1) is 11.2. The fourth-order valence-electron chi connectivity index (χ4n) is 1.30. The van der Waals surface area contributed by atoms with E-state index in [4.69, 9.17) is 0 Å². The second kappa shape index (κ2) is 4.11. The fraction of sp³-hybridized carbons (Fsp3) is 0.500. The maximum absolute atomic E-state index is 9.89. The Hall–Kier alpha value is -0.860. The summed E-state index contributed by atoms with van der Waals surface area (Å²) in [6, 6.07) is 7.57. The molecule has 2 unspecified atom stereocenters. The lowest BCUT2D eigenvalue weighted by molar-refractivity contribution is -0.0658. The predicted molar refractivity (Wildman–Crippen MR) is 57.1 cm³/mol. The fourth-order valence-corrected chi connectivity index (χ4v) is 1.30. The number of aliphatic hydroxyl groups is 2. The molecule has 1 aromatic carbocycles. The van der Waals surface area contributed by atoms with Gasteiger partial charge in [-0.15, -0.1) is 0 Å². The second-order valence-corrected chi connectivity index (χ2v) is 4.02. The summed E-state index contributed by atoms with van der Waals surface area (Å²) in [5.41, 5.74) is 0.870. The first-order valence-electron chi connectivity index (χ1n) is 4.94. The molecule has 2 N–H and O–H groups in total. The summed E-state index contributed by atoms with van der Waals surface area (Å²) >= 11 is 0. The van der Waals surface area contributed by atoms with Crippen LogP contribution < -0.4 is 0 Å². The average Bonchev–Trinajstić information content (AvgIpc) is 2.18.